The molecular weight excluding hydrogens is 428 g/mol. The monoisotopic (exact) mass is 452 g/mol. The van der Waals surface area contributed by atoms with E-state index >= 15 is 0 Å². The summed E-state index contributed by atoms with van der Waals surface area (Å²) in [6, 6.07) is 23.9. The summed E-state index contributed by atoms with van der Waals surface area (Å²) >= 11 is 0. The molecule has 3 aromatic rings. The van der Waals surface area contributed by atoms with Crippen molar-refractivity contribution in [2.45, 2.75) is 30.6 Å². The molecule has 0 saturated carbocycles. The number of rotatable bonds is 7. The van der Waals surface area contributed by atoms with Crippen molar-refractivity contribution in [3.8, 4) is 0 Å². The molecule has 6 heteroatoms. The molecule has 4 aliphatic rings. The number of nitrogens with two attached hydrogens (primary N) is 1. The highest BCUT2D eigenvalue weighted by atomic mass is 16.6. The lowest BCUT2D eigenvalue weighted by Crippen LogP contribution is -2.43. The number of benzene rings is 3. The number of carbonyl (C=O) groups is 2. The Morgan fingerprint density at radius 3 is 2.00 bits per heavy atom. The van der Waals surface area contributed by atoms with Crippen molar-refractivity contribution in [3.63, 3.8) is 0 Å². The number of hydrogen-bond acceptors (Lipinski definition) is 6. The Morgan fingerprint density at radius 1 is 0.794 bits per heavy atom. The van der Waals surface area contributed by atoms with Crippen LogP contribution in [0.5, 0.6) is 0 Å². The largest absolute Gasteiger partial charge is 0.462 e. The molecule has 0 aromatic heterocycles. The van der Waals surface area contributed by atoms with Gasteiger partial charge in [0.15, 0.2) is 0 Å². The van der Waals surface area contributed by atoms with Gasteiger partial charge >= 0.3 is 11.9 Å². The number of hydrazone groups is 1. The summed E-state index contributed by atoms with van der Waals surface area (Å²) in [5, 5.41) is 3.30. The van der Waals surface area contributed by atoms with Gasteiger partial charge in [-0.05, 0) is 52.3 Å². The average molecular weight is 453 g/mol. The Labute approximate surface area is 197 Å². The third-order valence-electron chi connectivity index (χ3n) is 7.60. The fourth-order valence-corrected chi connectivity index (χ4v) is 6.25. The van der Waals surface area contributed by atoms with E-state index in [0.29, 0.717) is 6.42 Å². The predicted octanol–water partition coefficient (Wildman–Crippen LogP) is 3.55. The first kappa shape index (κ1) is 20.7. The Bertz CT molecular complexity index is 1340. The van der Waals surface area contributed by atoms with Gasteiger partial charge in [0, 0.05) is 11.8 Å². The van der Waals surface area contributed by atoms with Crippen molar-refractivity contribution < 1.29 is 19.1 Å². The summed E-state index contributed by atoms with van der Waals surface area (Å²) in [7, 11) is 0. The zero-order chi connectivity index (χ0) is 23.5. The topological polar surface area (TPSA) is 91.0 Å². The van der Waals surface area contributed by atoms with E-state index in [-0.39, 0.29) is 36.7 Å². The van der Waals surface area contributed by atoms with E-state index in [2.05, 4.69) is 71.8 Å². The molecule has 0 heterocycles. The van der Waals surface area contributed by atoms with Crippen molar-refractivity contribution in [1.82, 2.24) is 0 Å². The maximum atomic E-state index is 12.7. The van der Waals surface area contributed by atoms with Crippen LogP contribution in [-0.4, -0.2) is 30.9 Å². The van der Waals surface area contributed by atoms with Crippen LogP contribution >= 0.6 is 0 Å². The summed E-state index contributed by atoms with van der Waals surface area (Å²) in [6.07, 6.45) is 0.849. The summed E-state index contributed by atoms with van der Waals surface area (Å²) in [4.78, 5) is 24.3. The lowest BCUT2D eigenvalue weighted by Gasteiger charge is -2.48. The molecule has 6 nitrogen and oxygen atoms in total. The number of nitrogens with zero attached hydrogens (tertiary/aromatic N) is 1. The molecule has 1 spiro atoms. The van der Waals surface area contributed by atoms with Gasteiger partial charge in [-0.25, -0.2) is 4.79 Å². The normalized spacial score (nSPS) is 22.3. The summed E-state index contributed by atoms with van der Waals surface area (Å²) in [5.41, 5.74) is 8.85. The Kier molecular flexibility index (Phi) is 4.43. The molecule has 0 saturated heterocycles. The first-order valence-corrected chi connectivity index (χ1v) is 11.5. The SMILES string of the molecule is C/C(=N\N)C(=O)OCCOC(=O)CCC12c3ccccc3C3(c4ccccc41)c1cccc2c13. The molecular formula is C28H24N2O4. The smallest absolute Gasteiger partial charge is 0.354 e. The third kappa shape index (κ3) is 2.48. The highest BCUT2D eigenvalue weighted by molar-refractivity contribution is 6.35. The Hall–Kier alpha value is -3.93. The van der Waals surface area contributed by atoms with Crippen molar-refractivity contribution in [1.29, 1.82) is 0 Å². The molecule has 0 amide bonds. The number of carbonyl (C=O) groups excluding carboxylic acids is 2. The van der Waals surface area contributed by atoms with Crippen LogP contribution in [0.25, 0.3) is 0 Å². The molecule has 0 atom stereocenters. The summed E-state index contributed by atoms with van der Waals surface area (Å²) in [5.74, 6) is 4.13. The second-order valence-corrected chi connectivity index (χ2v) is 9.05. The van der Waals surface area contributed by atoms with Crippen LogP contribution in [0, 0.1) is 0 Å². The van der Waals surface area contributed by atoms with Crippen molar-refractivity contribution in [2.75, 3.05) is 13.2 Å². The fourth-order valence-electron chi connectivity index (χ4n) is 6.25. The van der Waals surface area contributed by atoms with Crippen LogP contribution in [0.15, 0.2) is 71.8 Å². The number of hydrogen-bond donors (Lipinski definition) is 1. The van der Waals surface area contributed by atoms with Crippen molar-refractivity contribution in [3.05, 3.63) is 106 Å². The van der Waals surface area contributed by atoms with Gasteiger partial charge in [-0.3, -0.25) is 4.79 Å². The quantitative estimate of drug-likeness (QED) is 0.152. The molecule has 7 rings (SSSR count). The van der Waals surface area contributed by atoms with Crippen LogP contribution in [0.1, 0.15) is 58.7 Å². The van der Waals surface area contributed by atoms with E-state index in [9.17, 15) is 9.59 Å². The van der Waals surface area contributed by atoms with Crippen molar-refractivity contribution in [2.24, 2.45) is 10.9 Å². The molecule has 0 radical (unpaired) electrons. The summed E-state index contributed by atoms with van der Waals surface area (Å²) in [6.45, 7) is 1.41. The fraction of sp³-hybridized carbons (Fsp3) is 0.250. The van der Waals surface area contributed by atoms with E-state index in [1.54, 1.807) is 0 Å². The molecule has 0 aliphatic heterocycles. The van der Waals surface area contributed by atoms with E-state index < -0.39 is 11.4 Å². The number of esters is 2. The molecule has 2 bridgehead atoms. The van der Waals surface area contributed by atoms with Gasteiger partial charge < -0.3 is 15.3 Å². The lowest BCUT2D eigenvalue weighted by molar-refractivity contribution is -0.149. The van der Waals surface area contributed by atoms with Crippen LogP contribution in [0.4, 0.5) is 0 Å². The second kappa shape index (κ2) is 7.29. The van der Waals surface area contributed by atoms with E-state index in [1.165, 1.54) is 45.9 Å². The van der Waals surface area contributed by atoms with Crippen LogP contribution in [0.3, 0.4) is 0 Å². The average Bonchev–Trinajstić information content (AvgIpc) is 3.57. The van der Waals surface area contributed by atoms with E-state index in [1.807, 2.05) is 0 Å². The van der Waals surface area contributed by atoms with Gasteiger partial charge in [-0.1, -0.05) is 66.7 Å². The van der Waals surface area contributed by atoms with E-state index in [4.69, 9.17) is 15.3 Å². The van der Waals surface area contributed by atoms with Crippen LogP contribution in [0.2, 0.25) is 0 Å². The van der Waals surface area contributed by atoms with Gasteiger partial charge in [0.1, 0.15) is 18.9 Å². The standard InChI is InChI=1S/C28H24N2O4/c1-17(30-29)26(32)34-16-15-33-24(31)13-14-27-18-7-2-4-9-20(18)28(21-10-5-3-8-19(21)27)23-12-6-11-22(27)25(23)28/h2-12H,13-16,29H2,1H3/b30-17+. The third-order valence-corrected chi connectivity index (χ3v) is 7.60. The maximum absolute atomic E-state index is 12.7. The van der Waals surface area contributed by atoms with Gasteiger partial charge in [-0.2, -0.15) is 5.10 Å². The Balaban J connectivity index is 1.28. The maximum Gasteiger partial charge on any atom is 0.354 e. The minimum Gasteiger partial charge on any atom is -0.462 e. The highest BCUT2D eigenvalue weighted by Gasteiger charge is 2.67. The first-order valence-electron chi connectivity index (χ1n) is 11.5. The zero-order valence-electron chi connectivity index (χ0n) is 18.8. The molecule has 34 heavy (non-hydrogen) atoms. The van der Waals surface area contributed by atoms with Crippen LogP contribution in [-0.2, 0) is 29.9 Å². The van der Waals surface area contributed by atoms with E-state index in [0.717, 1.165) is 0 Å². The summed E-state index contributed by atoms with van der Waals surface area (Å²) < 4.78 is 10.4. The van der Waals surface area contributed by atoms with Crippen molar-refractivity contribution >= 4 is 17.7 Å². The Morgan fingerprint density at radius 2 is 1.35 bits per heavy atom. The second-order valence-electron chi connectivity index (χ2n) is 9.05. The molecule has 0 fully saturated rings. The van der Waals surface area contributed by atoms with Gasteiger partial charge in [0.25, 0.3) is 0 Å². The molecule has 3 aromatic carbocycles. The molecule has 170 valence electrons. The molecule has 2 N–H and O–H groups in total. The highest BCUT2D eigenvalue weighted by Crippen LogP contribution is 2.73. The lowest BCUT2D eigenvalue weighted by atomic mass is 9.53. The minimum atomic E-state index is -0.621. The molecule has 4 aliphatic carbocycles. The van der Waals surface area contributed by atoms with Crippen LogP contribution < -0.4 is 5.84 Å². The van der Waals surface area contributed by atoms with Gasteiger partial charge in [-0.15, -0.1) is 0 Å². The zero-order valence-corrected chi connectivity index (χ0v) is 18.8. The van der Waals surface area contributed by atoms with Gasteiger partial charge in [0.2, 0.25) is 0 Å². The first-order chi connectivity index (χ1) is 16.6. The van der Waals surface area contributed by atoms with Gasteiger partial charge in [0.05, 0.1) is 5.41 Å². The predicted molar refractivity (Wildman–Crippen MR) is 127 cm³/mol. The minimum absolute atomic E-state index is 0.00750. The molecule has 0 unspecified atom stereocenters. The number of ether oxygens (including phenoxy) is 2.